The van der Waals surface area contributed by atoms with Gasteiger partial charge in [0.05, 0.1) is 0 Å². The van der Waals surface area contributed by atoms with Crippen molar-refractivity contribution in [3.63, 3.8) is 0 Å². The second-order valence-corrected chi connectivity index (χ2v) is 4.50. The molecule has 0 rings (SSSR count). The van der Waals surface area contributed by atoms with E-state index in [1.165, 1.54) is 0 Å². The summed E-state index contributed by atoms with van der Waals surface area (Å²) in [6.07, 6.45) is 4.09. The topological polar surface area (TPSA) is 26.3 Å². The molecule has 0 saturated heterocycles. The molecule has 0 amide bonds. The van der Waals surface area contributed by atoms with Crippen molar-refractivity contribution in [1.82, 2.24) is 4.90 Å². The number of hydrogen-bond donors (Lipinski definition) is 0. The lowest BCUT2D eigenvalue weighted by Gasteiger charge is -2.26. The summed E-state index contributed by atoms with van der Waals surface area (Å²) in [7, 11) is 0.114. The maximum Gasteiger partial charge on any atom is 0.127 e. The van der Waals surface area contributed by atoms with E-state index in [-0.39, 0.29) is 16.8 Å². The van der Waals surface area contributed by atoms with Gasteiger partial charge in [-0.3, -0.25) is 0 Å². The fourth-order valence-electron chi connectivity index (χ4n) is 0.811. The van der Waals surface area contributed by atoms with E-state index in [9.17, 15) is 5.11 Å². The van der Waals surface area contributed by atoms with Crippen LogP contribution in [-0.2, 0) is 10.9 Å². The Hall–Kier alpha value is -0.310. The van der Waals surface area contributed by atoms with Gasteiger partial charge in [-0.25, -0.2) is 0 Å². The first-order chi connectivity index (χ1) is 5.11. The van der Waals surface area contributed by atoms with Gasteiger partial charge in [0.15, 0.2) is 0 Å². The minimum Gasteiger partial charge on any atom is -0.857 e. The Morgan fingerprint density at radius 2 is 1.82 bits per heavy atom. The summed E-state index contributed by atoms with van der Waals surface area (Å²) in [5, 5.41) is 13.1. The third-order valence-electron chi connectivity index (χ3n) is 1.41. The zero-order chi connectivity index (χ0) is 8.85. The van der Waals surface area contributed by atoms with E-state index in [0.29, 0.717) is 0 Å². The van der Waals surface area contributed by atoms with Crippen molar-refractivity contribution >= 4 is 10.9 Å². The van der Waals surface area contributed by atoms with Crippen LogP contribution in [0.4, 0.5) is 0 Å². The Labute approximate surface area is 72.2 Å². The third-order valence-corrected chi connectivity index (χ3v) is 2.08. The van der Waals surface area contributed by atoms with E-state index in [2.05, 4.69) is 0 Å². The van der Waals surface area contributed by atoms with Crippen LogP contribution in [-0.4, -0.2) is 30.5 Å². The minimum absolute atomic E-state index is 0.114. The summed E-state index contributed by atoms with van der Waals surface area (Å²) in [6.45, 7) is 5.61. The fraction of sp³-hybridized carbons (Fsp3) is 0.750. The van der Waals surface area contributed by atoms with Crippen molar-refractivity contribution in [2.24, 2.45) is 0 Å². The smallest absolute Gasteiger partial charge is 0.127 e. The first-order valence-corrected chi connectivity index (χ1v) is 5.92. The molecule has 0 fully saturated rings. The maximum absolute atomic E-state index is 11.3. The Morgan fingerprint density at radius 1 is 1.36 bits per heavy atom. The van der Waals surface area contributed by atoms with Crippen molar-refractivity contribution in [3.8, 4) is 0 Å². The van der Waals surface area contributed by atoms with Crippen LogP contribution in [0.15, 0.2) is 11.3 Å². The van der Waals surface area contributed by atoms with Gasteiger partial charge < -0.3 is 10.0 Å². The van der Waals surface area contributed by atoms with Gasteiger partial charge in [0.25, 0.3) is 0 Å². The quantitative estimate of drug-likeness (QED) is 0.456. The highest BCUT2D eigenvalue weighted by Crippen LogP contribution is 1.98. The third kappa shape index (κ3) is 4.19. The summed E-state index contributed by atoms with van der Waals surface area (Å²) in [5.41, 5.74) is 0. The average Bonchev–Trinajstić information content (AvgIpc) is 1.88. The zero-order valence-corrected chi connectivity index (χ0v) is 8.57. The summed E-state index contributed by atoms with van der Waals surface area (Å²) >= 11 is 0. The fourth-order valence-corrected chi connectivity index (χ4v) is 1.36. The van der Waals surface area contributed by atoms with Gasteiger partial charge in [-0.05, 0) is 13.8 Å². The van der Waals surface area contributed by atoms with E-state index in [4.69, 9.17) is 0 Å². The maximum atomic E-state index is 11.3. The molecule has 0 aliphatic carbocycles. The van der Waals surface area contributed by atoms with Crippen LogP contribution in [0.5, 0.6) is 0 Å². The summed E-state index contributed by atoms with van der Waals surface area (Å²) in [6, 6.07) is 0. The SMILES string of the molecule is CCN(CC)/C([O-])=C/[S+](C)C. The molecule has 3 heteroatoms. The van der Waals surface area contributed by atoms with Crippen LogP contribution in [0.3, 0.4) is 0 Å². The molecule has 11 heavy (non-hydrogen) atoms. The highest BCUT2D eigenvalue weighted by Gasteiger charge is 1.99. The molecule has 0 unspecified atom stereocenters. The van der Waals surface area contributed by atoms with E-state index in [0.717, 1.165) is 13.1 Å². The summed E-state index contributed by atoms with van der Waals surface area (Å²) < 4.78 is 0. The highest BCUT2D eigenvalue weighted by atomic mass is 32.2. The Morgan fingerprint density at radius 3 is 2.09 bits per heavy atom. The Balaban J connectivity index is 4.07. The standard InChI is InChI=1S/C8H17NOS/c1-5-9(6-2)8(10)7-11(3)4/h7H,5-6H2,1-4H3/b8-7-. The molecular formula is C8H17NOS. The van der Waals surface area contributed by atoms with Gasteiger partial charge in [0, 0.05) is 29.9 Å². The van der Waals surface area contributed by atoms with Gasteiger partial charge in [-0.1, -0.05) is 0 Å². The lowest BCUT2D eigenvalue weighted by atomic mass is 10.5. The predicted octanol–water partition coefficient (Wildman–Crippen LogP) is 0.365. The first kappa shape index (κ1) is 10.7. The molecule has 0 spiro atoms. The van der Waals surface area contributed by atoms with E-state index < -0.39 is 0 Å². The zero-order valence-electron chi connectivity index (χ0n) is 7.76. The summed E-state index contributed by atoms with van der Waals surface area (Å²) in [5.74, 6) is 0.170. The van der Waals surface area contributed by atoms with Gasteiger partial charge in [0.1, 0.15) is 17.9 Å². The Kier molecular flexibility index (Phi) is 5.20. The number of rotatable bonds is 4. The van der Waals surface area contributed by atoms with Crippen LogP contribution < -0.4 is 5.11 Å². The largest absolute Gasteiger partial charge is 0.857 e. The van der Waals surface area contributed by atoms with Crippen LogP contribution in [0.1, 0.15) is 13.8 Å². The normalized spacial score (nSPS) is 12.3. The van der Waals surface area contributed by atoms with Crippen molar-refractivity contribution in [3.05, 3.63) is 11.3 Å². The molecule has 0 aromatic carbocycles. The molecule has 0 N–H and O–H groups in total. The molecule has 0 bridgehead atoms. The predicted molar refractivity (Wildman–Crippen MR) is 50.2 cm³/mol. The molecule has 0 aliphatic heterocycles. The van der Waals surface area contributed by atoms with E-state index in [1.807, 2.05) is 31.3 Å². The molecule has 0 saturated carbocycles. The molecule has 0 aliphatic rings. The van der Waals surface area contributed by atoms with Gasteiger partial charge in [-0.2, -0.15) is 0 Å². The van der Waals surface area contributed by atoms with E-state index in [1.54, 1.807) is 5.41 Å². The average molecular weight is 175 g/mol. The molecule has 0 radical (unpaired) electrons. The molecular weight excluding hydrogens is 158 g/mol. The molecule has 66 valence electrons. The van der Waals surface area contributed by atoms with Crippen LogP contribution >= 0.6 is 0 Å². The second-order valence-electron chi connectivity index (χ2n) is 2.51. The van der Waals surface area contributed by atoms with Gasteiger partial charge in [0.2, 0.25) is 0 Å². The Bertz CT molecular complexity index is 130. The van der Waals surface area contributed by atoms with Crippen LogP contribution in [0.2, 0.25) is 0 Å². The number of nitrogens with zero attached hydrogens (tertiary/aromatic N) is 1. The number of hydrogen-bond acceptors (Lipinski definition) is 2. The van der Waals surface area contributed by atoms with Crippen molar-refractivity contribution < 1.29 is 5.11 Å². The second kappa shape index (κ2) is 5.35. The molecule has 0 heterocycles. The molecule has 0 aromatic heterocycles. The molecule has 2 nitrogen and oxygen atoms in total. The van der Waals surface area contributed by atoms with Crippen molar-refractivity contribution in [1.29, 1.82) is 0 Å². The van der Waals surface area contributed by atoms with Crippen molar-refractivity contribution in [2.45, 2.75) is 13.8 Å². The van der Waals surface area contributed by atoms with Gasteiger partial charge in [-0.15, -0.1) is 0 Å². The highest BCUT2D eigenvalue weighted by molar-refractivity contribution is 7.98. The van der Waals surface area contributed by atoms with Gasteiger partial charge >= 0.3 is 0 Å². The van der Waals surface area contributed by atoms with Crippen molar-refractivity contribution in [2.75, 3.05) is 25.6 Å². The lowest BCUT2D eigenvalue weighted by Crippen LogP contribution is -2.30. The van der Waals surface area contributed by atoms with E-state index >= 15 is 0 Å². The molecule has 0 atom stereocenters. The first-order valence-electron chi connectivity index (χ1n) is 3.82. The summed E-state index contributed by atoms with van der Waals surface area (Å²) in [4.78, 5) is 1.83. The monoisotopic (exact) mass is 175 g/mol. The lowest BCUT2D eigenvalue weighted by molar-refractivity contribution is -0.331. The van der Waals surface area contributed by atoms with Crippen LogP contribution in [0, 0.1) is 0 Å². The minimum atomic E-state index is 0.114. The molecule has 0 aromatic rings. The van der Waals surface area contributed by atoms with Crippen LogP contribution in [0.25, 0.3) is 0 Å².